The van der Waals surface area contributed by atoms with E-state index in [0.29, 0.717) is 6.04 Å². The number of pyridine rings is 1. The predicted molar refractivity (Wildman–Crippen MR) is 90.2 cm³/mol. The second-order valence-corrected chi connectivity index (χ2v) is 6.92. The summed E-state index contributed by atoms with van der Waals surface area (Å²) in [7, 11) is 0. The third-order valence-electron chi connectivity index (χ3n) is 4.68. The summed E-state index contributed by atoms with van der Waals surface area (Å²) in [4.78, 5) is 4.94. The van der Waals surface area contributed by atoms with Crippen molar-refractivity contribution < 1.29 is 0 Å². The van der Waals surface area contributed by atoms with E-state index in [1.165, 1.54) is 54.6 Å². The van der Waals surface area contributed by atoms with Gasteiger partial charge in [0.05, 0.1) is 23.6 Å². The van der Waals surface area contributed by atoms with Gasteiger partial charge in [0.2, 0.25) is 0 Å². The van der Waals surface area contributed by atoms with Gasteiger partial charge in [0, 0.05) is 16.3 Å². The third-order valence-corrected chi connectivity index (χ3v) is 5.27. The Morgan fingerprint density at radius 1 is 1.18 bits per heavy atom. The lowest BCUT2D eigenvalue weighted by Gasteiger charge is -2.22. The zero-order valence-corrected chi connectivity index (χ0v) is 13.9. The number of rotatable bonds is 2. The van der Waals surface area contributed by atoms with Crippen LogP contribution in [0.3, 0.4) is 0 Å². The lowest BCUT2D eigenvalue weighted by molar-refractivity contribution is 0.335. The van der Waals surface area contributed by atoms with E-state index in [0.717, 1.165) is 22.6 Å². The van der Waals surface area contributed by atoms with Crippen LogP contribution in [0.2, 0.25) is 0 Å². The van der Waals surface area contributed by atoms with E-state index in [1.54, 1.807) is 0 Å². The molecular weight excluding hydrogens is 292 g/mol. The first-order valence-corrected chi connectivity index (χ1v) is 8.84. The fourth-order valence-electron chi connectivity index (χ4n) is 3.59. The first kappa shape index (κ1) is 13.9. The highest BCUT2D eigenvalue weighted by Crippen LogP contribution is 2.33. The molecule has 0 spiro atoms. The standard InChI is InChI=1S/C17H20N4S/c1-11-8-15(13-9-18-22-10-13)19-17-16(11)12(2)20-21(17)14-6-4-3-5-7-14/h8-10,14H,3-7H2,1-2H3. The Hall–Kier alpha value is -1.75. The topological polar surface area (TPSA) is 43.6 Å². The lowest BCUT2D eigenvalue weighted by atomic mass is 9.95. The van der Waals surface area contributed by atoms with Crippen molar-refractivity contribution in [2.45, 2.75) is 52.0 Å². The highest BCUT2D eigenvalue weighted by atomic mass is 32.1. The number of fused-ring (bicyclic) bond motifs is 1. The number of aryl methyl sites for hydroxylation is 2. The molecule has 0 unspecified atom stereocenters. The van der Waals surface area contributed by atoms with Crippen LogP contribution in [0.15, 0.2) is 17.6 Å². The van der Waals surface area contributed by atoms with Gasteiger partial charge in [0.1, 0.15) is 0 Å². The minimum absolute atomic E-state index is 0.507. The molecule has 4 nitrogen and oxygen atoms in total. The fraction of sp³-hybridized carbons (Fsp3) is 0.471. The Bertz CT molecular complexity index is 798. The van der Waals surface area contributed by atoms with Crippen molar-refractivity contribution >= 4 is 22.6 Å². The summed E-state index contributed by atoms with van der Waals surface area (Å²) in [5.41, 5.74) is 5.51. The second-order valence-electron chi connectivity index (χ2n) is 6.26. The molecule has 3 heterocycles. The average Bonchev–Trinajstić information content (AvgIpc) is 3.16. The van der Waals surface area contributed by atoms with E-state index >= 15 is 0 Å². The van der Waals surface area contributed by atoms with Crippen LogP contribution in [-0.4, -0.2) is 19.1 Å². The van der Waals surface area contributed by atoms with E-state index in [1.807, 2.05) is 6.20 Å². The van der Waals surface area contributed by atoms with Crippen LogP contribution in [0.25, 0.3) is 22.3 Å². The van der Waals surface area contributed by atoms with Crippen molar-refractivity contribution in [3.05, 3.63) is 28.9 Å². The zero-order chi connectivity index (χ0) is 15.1. The quantitative estimate of drug-likeness (QED) is 0.690. The summed E-state index contributed by atoms with van der Waals surface area (Å²) in [6.07, 6.45) is 8.30. The summed E-state index contributed by atoms with van der Waals surface area (Å²) in [5.74, 6) is 0. The summed E-state index contributed by atoms with van der Waals surface area (Å²) in [6, 6.07) is 2.67. The largest absolute Gasteiger partial charge is 0.244 e. The SMILES string of the molecule is Cc1cc(-c2cnsc2)nc2c1c(C)nn2C1CCCCC1. The molecule has 0 radical (unpaired) electrons. The van der Waals surface area contributed by atoms with Gasteiger partial charge < -0.3 is 0 Å². The second kappa shape index (κ2) is 5.47. The van der Waals surface area contributed by atoms with Crippen LogP contribution in [0.1, 0.15) is 49.4 Å². The molecule has 0 atom stereocenters. The van der Waals surface area contributed by atoms with Gasteiger partial charge in [0.25, 0.3) is 0 Å². The molecule has 1 fully saturated rings. The van der Waals surface area contributed by atoms with Crippen LogP contribution in [0.4, 0.5) is 0 Å². The molecule has 3 aromatic rings. The van der Waals surface area contributed by atoms with E-state index in [9.17, 15) is 0 Å². The minimum atomic E-state index is 0.507. The first-order valence-electron chi connectivity index (χ1n) is 8.00. The Morgan fingerprint density at radius 2 is 2.00 bits per heavy atom. The molecule has 4 rings (SSSR count). The predicted octanol–water partition coefficient (Wildman–Crippen LogP) is 4.68. The Morgan fingerprint density at radius 3 is 2.73 bits per heavy atom. The Balaban J connectivity index is 1.90. The van der Waals surface area contributed by atoms with Crippen molar-refractivity contribution in [3.63, 3.8) is 0 Å². The third kappa shape index (κ3) is 2.24. The molecular formula is C17H20N4S. The molecule has 0 bridgehead atoms. The van der Waals surface area contributed by atoms with Gasteiger partial charge >= 0.3 is 0 Å². The summed E-state index contributed by atoms with van der Waals surface area (Å²) in [5, 5.41) is 8.12. The molecule has 114 valence electrons. The normalized spacial score (nSPS) is 16.5. The van der Waals surface area contributed by atoms with E-state index in [-0.39, 0.29) is 0 Å². The maximum absolute atomic E-state index is 4.94. The molecule has 0 saturated heterocycles. The van der Waals surface area contributed by atoms with E-state index < -0.39 is 0 Å². The Kier molecular flexibility index (Phi) is 3.45. The van der Waals surface area contributed by atoms with Gasteiger partial charge in [-0.15, -0.1) is 0 Å². The van der Waals surface area contributed by atoms with Gasteiger partial charge in [-0.05, 0) is 49.9 Å². The van der Waals surface area contributed by atoms with Crippen LogP contribution in [0, 0.1) is 13.8 Å². The zero-order valence-electron chi connectivity index (χ0n) is 13.0. The van der Waals surface area contributed by atoms with Crippen molar-refractivity contribution in [3.8, 4) is 11.3 Å². The van der Waals surface area contributed by atoms with Gasteiger partial charge in [-0.2, -0.15) is 5.10 Å². The molecule has 0 amide bonds. The molecule has 22 heavy (non-hydrogen) atoms. The number of hydrogen-bond donors (Lipinski definition) is 0. The Labute approximate surface area is 134 Å². The summed E-state index contributed by atoms with van der Waals surface area (Å²) < 4.78 is 6.40. The fourth-order valence-corrected chi connectivity index (χ4v) is 4.12. The van der Waals surface area contributed by atoms with E-state index in [4.69, 9.17) is 10.1 Å². The molecule has 3 aromatic heterocycles. The number of hydrogen-bond acceptors (Lipinski definition) is 4. The number of nitrogens with zero attached hydrogens (tertiary/aromatic N) is 4. The van der Waals surface area contributed by atoms with Gasteiger partial charge in [0.15, 0.2) is 5.65 Å². The summed E-state index contributed by atoms with van der Waals surface area (Å²) in [6.45, 7) is 4.26. The molecule has 5 heteroatoms. The maximum atomic E-state index is 4.94. The average molecular weight is 312 g/mol. The minimum Gasteiger partial charge on any atom is -0.244 e. The van der Waals surface area contributed by atoms with Crippen molar-refractivity contribution in [2.75, 3.05) is 0 Å². The van der Waals surface area contributed by atoms with Crippen molar-refractivity contribution in [1.29, 1.82) is 0 Å². The molecule has 0 aliphatic heterocycles. The molecule has 1 saturated carbocycles. The smallest absolute Gasteiger partial charge is 0.159 e. The van der Waals surface area contributed by atoms with Crippen LogP contribution >= 0.6 is 11.5 Å². The monoisotopic (exact) mass is 312 g/mol. The highest BCUT2D eigenvalue weighted by Gasteiger charge is 2.21. The highest BCUT2D eigenvalue weighted by molar-refractivity contribution is 7.03. The molecule has 1 aliphatic rings. The van der Waals surface area contributed by atoms with Crippen LogP contribution < -0.4 is 0 Å². The van der Waals surface area contributed by atoms with Gasteiger partial charge in [-0.1, -0.05) is 19.3 Å². The maximum Gasteiger partial charge on any atom is 0.159 e. The van der Waals surface area contributed by atoms with Crippen LogP contribution in [0.5, 0.6) is 0 Å². The summed E-state index contributed by atoms with van der Waals surface area (Å²) >= 11 is 1.47. The van der Waals surface area contributed by atoms with E-state index in [2.05, 4.69) is 34.3 Å². The van der Waals surface area contributed by atoms with Crippen LogP contribution in [-0.2, 0) is 0 Å². The lowest BCUT2D eigenvalue weighted by Crippen LogP contribution is -2.14. The first-order chi connectivity index (χ1) is 10.7. The number of aromatic nitrogens is 4. The van der Waals surface area contributed by atoms with Crippen molar-refractivity contribution in [2.24, 2.45) is 0 Å². The van der Waals surface area contributed by atoms with Gasteiger partial charge in [-0.3, -0.25) is 0 Å². The van der Waals surface area contributed by atoms with Crippen molar-refractivity contribution in [1.82, 2.24) is 19.1 Å². The molecule has 1 aliphatic carbocycles. The van der Waals surface area contributed by atoms with Gasteiger partial charge in [-0.25, -0.2) is 14.0 Å². The molecule has 0 aromatic carbocycles. The molecule has 0 N–H and O–H groups in total.